The summed E-state index contributed by atoms with van der Waals surface area (Å²) in [6.45, 7) is 1.80. The molecule has 3 rings (SSSR count). The fourth-order valence-corrected chi connectivity index (χ4v) is 5.50. The highest BCUT2D eigenvalue weighted by Gasteiger charge is 2.54. The van der Waals surface area contributed by atoms with Gasteiger partial charge in [-0.15, -0.1) is 11.8 Å². The number of β-lactam (4-membered cyclic amide) rings is 1. The van der Waals surface area contributed by atoms with Gasteiger partial charge in [0.25, 0.3) is 11.8 Å². The molecular formula is C15H14BrN5O6S2. The zero-order valence-electron chi connectivity index (χ0n) is 14.9. The number of anilines is 1. The van der Waals surface area contributed by atoms with Crippen LogP contribution in [0.1, 0.15) is 12.6 Å². The average molecular weight is 504 g/mol. The highest BCUT2D eigenvalue weighted by atomic mass is 79.9. The van der Waals surface area contributed by atoms with Crippen molar-refractivity contribution in [3.05, 3.63) is 21.3 Å². The second kappa shape index (κ2) is 8.51. The van der Waals surface area contributed by atoms with Crippen molar-refractivity contribution in [2.24, 2.45) is 5.16 Å². The van der Waals surface area contributed by atoms with Crippen LogP contribution in [0.25, 0.3) is 0 Å². The van der Waals surface area contributed by atoms with E-state index in [2.05, 4.69) is 36.7 Å². The number of carboxylic acids is 1. The van der Waals surface area contributed by atoms with Crippen molar-refractivity contribution in [2.45, 2.75) is 23.6 Å². The molecule has 1 fully saturated rings. The number of fused-ring (bicyclic) bond motifs is 1. The highest BCUT2D eigenvalue weighted by Crippen LogP contribution is 2.40. The predicted octanol–water partition coefficient (Wildman–Crippen LogP) is 0.581. The van der Waals surface area contributed by atoms with Crippen molar-refractivity contribution in [1.82, 2.24) is 15.2 Å². The Hall–Kier alpha value is -2.45. The molecule has 3 N–H and O–H groups in total. The van der Waals surface area contributed by atoms with E-state index in [0.717, 1.165) is 16.2 Å². The molecule has 29 heavy (non-hydrogen) atoms. The Morgan fingerprint density at radius 1 is 1.48 bits per heavy atom. The molecule has 2 aliphatic rings. The van der Waals surface area contributed by atoms with Crippen LogP contribution in [0.5, 0.6) is 0 Å². The average Bonchev–Trinajstić information content (AvgIpc) is 3.03. The van der Waals surface area contributed by atoms with E-state index in [0.29, 0.717) is 10.2 Å². The molecule has 0 aromatic carbocycles. The Balaban J connectivity index is 1.81. The van der Waals surface area contributed by atoms with Gasteiger partial charge in [0.2, 0.25) is 6.41 Å². The van der Waals surface area contributed by atoms with Gasteiger partial charge in [0.05, 0.1) is 0 Å². The minimum absolute atomic E-state index is 0.102. The lowest BCUT2D eigenvalue weighted by atomic mass is 10.0. The van der Waals surface area contributed by atoms with Crippen molar-refractivity contribution in [2.75, 3.05) is 12.4 Å². The van der Waals surface area contributed by atoms with Crippen LogP contribution in [0.15, 0.2) is 20.7 Å². The smallest absolute Gasteiger partial charge is 0.352 e. The number of hydrogen-bond donors (Lipinski definition) is 3. The van der Waals surface area contributed by atoms with E-state index < -0.39 is 29.2 Å². The third-order valence-corrected chi connectivity index (χ3v) is 6.91. The van der Waals surface area contributed by atoms with Gasteiger partial charge >= 0.3 is 5.97 Å². The molecule has 1 aromatic rings. The minimum Gasteiger partial charge on any atom is -0.477 e. The number of carbonyl (C=O) groups is 4. The Bertz CT molecular complexity index is 948. The van der Waals surface area contributed by atoms with Crippen molar-refractivity contribution >= 4 is 74.1 Å². The molecule has 3 heterocycles. The first-order valence-corrected chi connectivity index (χ1v) is 10.6. The summed E-state index contributed by atoms with van der Waals surface area (Å²) in [5.41, 5.74) is -0.184. The van der Waals surface area contributed by atoms with Gasteiger partial charge in [-0.3, -0.25) is 19.3 Å². The van der Waals surface area contributed by atoms with Crippen LogP contribution in [0.4, 0.5) is 5.13 Å². The largest absolute Gasteiger partial charge is 0.477 e. The third-order valence-electron chi connectivity index (χ3n) is 3.95. The standard InChI is InChI=1S/C15H14BrN5O6S2/c1-5-3-6(14(25)26)21-12(24)9(13(21)28-5)18-11(23)8(20-27-2)7-10(16)29-15(19-7)17-4-22/h3-5,9,13H,1-2H3,(H,18,23)(H,25,26)(H,17,19,22)/t5?,9?,13-/m1/s1. The molecule has 1 saturated heterocycles. The van der Waals surface area contributed by atoms with Crippen LogP contribution >= 0.6 is 39.0 Å². The van der Waals surface area contributed by atoms with Crippen molar-refractivity contribution in [1.29, 1.82) is 0 Å². The number of thiazole rings is 1. The molecule has 154 valence electrons. The maximum Gasteiger partial charge on any atom is 0.352 e. The van der Waals surface area contributed by atoms with Gasteiger partial charge in [0.15, 0.2) is 10.8 Å². The highest BCUT2D eigenvalue weighted by molar-refractivity contribution is 9.11. The first-order valence-electron chi connectivity index (χ1n) is 8.01. The predicted molar refractivity (Wildman–Crippen MR) is 108 cm³/mol. The van der Waals surface area contributed by atoms with Crippen molar-refractivity contribution in [3.63, 3.8) is 0 Å². The molecule has 1 aromatic heterocycles. The van der Waals surface area contributed by atoms with Gasteiger partial charge in [0.1, 0.15) is 33.7 Å². The second-order valence-corrected chi connectivity index (χ2v) is 9.59. The molecule has 0 bridgehead atoms. The number of hydrogen-bond acceptors (Lipinski definition) is 9. The molecule has 0 saturated carbocycles. The molecule has 3 amide bonds. The molecule has 2 unspecified atom stereocenters. The Morgan fingerprint density at radius 3 is 2.83 bits per heavy atom. The summed E-state index contributed by atoms with van der Waals surface area (Å²) in [6, 6.07) is -0.926. The lowest BCUT2D eigenvalue weighted by molar-refractivity contribution is -0.150. The van der Waals surface area contributed by atoms with Crippen LogP contribution < -0.4 is 10.6 Å². The lowest BCUT2D eigenvalue weighted by Gasteiger charge is -2.49. The molecule has 0 aliphatic carbocycles. The molecule has 0 spiro atoms. The van der Waals surface area contributed by atoms with Gasteiger partial charge in [-0.05, 0) is 28.9 Å². The summed E-state index contributed by atoms with van der Waals surface area (Å²) in [4.78, 5) is 57.3. The quantitative estimate of drug-likeness (QED) is 0.211. The molecule has 0 radical (unpaired) electrons. The molecule has 11 nitrogen and oxygen atoms in total. The minimum atomic E-state index is -1.21. The fraction of sp³-hybridized carbons (Fsp3) is 0.333. The number of carbonyl (C=O) groups excluding carboxylic acids is 3. The first-order chi connectivity index (χ1) is 13.8. The molecule has 2 aliphatic heterocycles. The van der Waals surface area contributed by atoms with Crippen LogP contribution in [-0.4, -0.2) is 68.7 Å². The van der Waals surface area contributed by atoms with E-state index in [4.69, 9.17) is 4.84 Å². The third kappa shape index (κ3) is 4.00. The van der Waals surface area contributed by atoms with Gasteiger partial charge in [-0.2, -0.15) is 0 Å². The first kappa shape index (κ1) is 21.3. The molecular weight excluding hydrogens is 490 g/mol. The number of amides is 3. The lowest BCUT2D eigenvalue weighted by Crippen LogP contribution is -2.71. The summed E-state index contributed by atoms with van der Waals surface area (Å²) in [6.07, 6.45) is 1.93. The van der Waals surface area contributed by atoms with Crippen molar-refractivity contribution in [3.8, 4) is 0 Å². The number of rotatable bonds is 7. The maximum absolute atomic E-state index is 12.8. The number of oxime groups is 1. The van der Waals surface area contributed by atoms with E-state index in [1.807, 2.05) is 0 Å². The normalized spacial score (nSPS) is 23.5. The van der Waals surface area contributed by atoms with Gasteiger partial charge in [-0.1, -0.05) is 16.5 Å². The van der Waals surface area contributed by atoms with Gasteiger partial charge in [0, 0.05) is 5.25 Å². The number of nitrogens with one attached hydrogen (secondary N) is 2. The second-order valence-electron chi connectivity index (χ2n) is 5.77. The molecule has 3 atom stereocenters. The number of aliphatic carboxylic acids is 1. The molecule has 14 heteroatoms. The van der Waals surface area contributed by atoms with E-state index in [1.165, 1.54) is 24.9 Å². The number of halogens is 1. The van der Waals surface area contributed by atoms with Gasteiger partial charge < -0.3 is 20.6 Å². The summed E-state index contributed by atoms with van der Waals surface area (Å²) in [5, 5.41) is 17.5. The van der Waals surface area contributed by atoms with E-state index in [9.17, 15) is 24.3 Å². The van der Waals surface area contributed by atoms with Crippen LogP contribution in [0.2, 0.25) is 0 Å². The van der Waals surface area contributed by atoms with E-state index in [-0.39, 0.29) is 27.5 Å². The zero-order chi connectivity index (χ0) is 21.3. The summed E-state index contributed by atoms with van der Waals surface area (Å²) in [5.74, 6) is -2.47. The monoisotopic (exact) mass is 503 g/mol. The summed E-state index contributed by atoms with van der Waals surface area (Å²) in [7, 11) is 1.25. The van der Waals surface area contributed by atoms with Crippen molar-refractivity contribution < 1.29 is 29.1 Å². The van der Waals surface area contributed by atoms with Crippen LogP contribution in [0.3, 0.4) is 0 Å². The SMILES string of the molecule is CON=C(C(=O)NC1C(=O)N2C(C(=O)O)=CC(C)S[C@H]12)c1nc(NC=O)sc1Br. The maximum atomic E-state index is 12.8. The van der Waals surface area contributed by atoms with Gasteiger partial charge in [-0.25, -0.2) is 9.78 Å². The van der Waals surface area contributed by atoms with Crippen LogP contribution in [-0.2, 0) is 24.0 Å². The number of carboxylic acid groups (broad SMARTS) is 1. The fourth-order valence-electron chi connectivity index (χ4n) is 2.78. The summed E-state index contributed by atoms with van der Waals surface area (Å²) < 4.78 is 0.422. The summed E-state index contributed by atoms with van der Waals surface area (Å²) >= 11 is 5.67. The Kier molecular flexibility index (Phi) is 6.24. The Labute approximate surface area is 180 Å². The number of nitrogens with zero attached hydrogens (tertiary/aromatic N) is 3. The number of aromatic nitrogens is 1. The topological polar surface area (TPSA) is 150 Å². The Morgan fingerprint density at radius 2 is 2.21 bits per heavy atom. The van der Waals surface area contributed by atoms with E-state index in [1.54, 1.807) is 6.92 Å². The zero-order valence-corrected chi connectivity index (χ0v) is 18.1. The van der Waals surface area contributed by atoms with Crippen LogP contribution in [0, 0.1) is 0 Å². The number of thioether (sulfide) groups is 1. The van der Waals surface area contributed by atoms with E-state index >= 15 is 0 Å².